The fraction of sp³-hybridized carbons (Fsp3) is 0.500. The zero-order valence-electron chi connectivity index (χ0n) is 12.9. The Bertz CT molecular complexity index is 472. The molecule has 1 aromatic carbocycles. The maximum absolute atomic E-state index is 11.6. The topological polar surface area (TPSA) is 67.4 Å². The summed E-state index contributed by atoms with van der Waals surface area (Å²) in [5.74, 6) is 0.693. The standard InChI is InChI=1S/C16H24N2O3/c1-12(2)11-18-16(20)10-15(19)17-8-7-13-5-4-6-14(9-13)21-3/h4-6,9,12H,7-8,10-11H2,1-3H3,(H,17,19)(H,18,20). The van der Waals surface area contributed by atoms with Crippen LogP contribution in [0.5, 0.6) is 5.75 Å². The molecule has 1 aromatic rings. The Morgan fingerprint density at radius 2 is 1.90 bits per heavy atom. The molecule has 0 bridgehead atoms. The van der Waals surface area contributed by atoms with Gasteiger partial charge in [-0.05, 0) is 30.0 Å². The molecule has 1 rings (SSSR count). The highest BCUT2D eigenvalue weighted by Crippen LogP contribution is 2.12. The lowest BCUT2D eigenvalue weighted by Crippen LogP contribution is -2.34. The molecule has 0 atom stereocenters. The minimum Gasteiger partial charge on any atom is -0.497 e. The van der Waals surface area contributed by atoms with E-state index in [9.17, 15) is 9.59 Å². The molecule has 5 heteroatoms. The minimum absolute atomic E-state index is 0.120. The van der Waals surface area contributed by atoms with Crippen LogP contribution in [0, 0.1) is 5.92 Å². The molecule has 0 unspecified atom stereocenters. The first kappa shape index (κ1) is 17.0. The van der Waals surface area contributed by atoms with Gasteiger partial charge in [0.1, 0.15) is 12.2 Å². The summed E-state index contributed by atoms with van der Waals surface area (Å²) in [6.45, 7) is 5.11. The van der Waals surface area contributed by atoms with Crippen molar-refractivity contribution in [3.05, 3.63) is 29.8 Å². The van der Waals surface area contributed by atoms with Gasteiger partial charge in [0.2, 0.25) is 11.8 Å². The average Bonchev–Trinajstić information content (AvgIpc) is 2.45. The van der Waals surface area contributed by atoms with Crippen LogP contribution in [0.3, 0.4) is 0 Å². The fourth-order valence-corrected chi connectivity index (χ4v) is 1.76. The van der Waals surface area contributed by atoms with Crippen molar-refractivity contribution >= 4 is 11.8 Å². The number of nitrogens with one attached hydrogen (secondary N) is 2. The number of benzene rings is 1. The van der Waals surface area contributed by atoms with E-state index in [1.54, 1.807) is 7.11 Å². The van der Waals surface area contributed by atoms with E-state index < -0.39 is 0 Å². The maximum Gasteiger partial charge on any atom is 0.229 e. The Labute approximate surface area is 126 Å². The van der Waals surface area contributed by atoms with E-state index in [0.29, 0.717) is 25.4 Å². The second-order valence-corrected chi connectivity index (χ2v) is 5.33. The van der Waals surface area contributed by atoms with E-state index >= 15 is 0 Å². The van der Waals surface area contributed by atoms with Crippen LogP contribution in [0.4, 0.5) is 0 Å². The molecular weight excluding hydrogens is 268 g/mol. The molecule has 0 aliphatic rings. The van der Waals surface area contributed by atoms with Crippen molar-refractivity contribution < 1.29 is 14.3 Å². The Morgan fingerprint density at radius 1 is 1.19 bits per heavy atom. The molecule has 21 heavy (non-hydrogen) atoms. The summed E-state index contributed by atoms with van der Waals surface area (Å²) in [5.41, 5.74) is 1.08. The lowest BCUT2D eigenvalue weighted by Gasteiger charge is -2.08. The average molecular weight is 292 g/mol. The molecule has 0 radical (unpaired) electrons. The number of ether oxygens (including phenoxy) is 1. The molecule has 2 amide bonds. The van der Waals surface area contributed by atoms with E-state index in [1.165, 1.54) is 0 Å². The van der Waals surface area contributed by atoms with Gasteiger partial charge in [-0.1, -0.05) is 26.0 Å². The zero-order valence-corrected chi connectivity index (χ0v) is 12.9. The molecule has 0 heterocycles. The van der Waals surface area contributed by atoms with Crippen LogP contribution in [-0.2, 0) is 16.0 Å². The lowest BCUT2D eigenvalue weighted by molar-refractivity contribution is -0.129. The van der Waals surface area contributed by atoms with Crippen LogP contribution in [0.25, 0.3) is 0 Å². The van der Waals surface area contributed by atoms with E-state index in [4.69, 9.17) is 4.74 Å². The van der Waals surface area contributed by atoms with Crippen LogP contribution >= 0.6 is 0 Å². The van der Waals surface area contributed by atoms with Gasteiger partial charge < -0.3 is 15.4 Å². The highest BCUT2D eigenvalue weighted by molar-refractivity contribution is 5.96. The zero-order chi connectivity index (χ0) is 15.7. The molecule has 0 aromatic heterocycles. The number of rotatable bonds is 8. The Kier molecular flexibility index (Phi) is 7.29. The normalized spacial score (nSPS) is 10.3. The highest BCUT2D eigenvalue weighted by atomic mass is 16.5. The molecular formula is C16H24N2O3. The molecule has 0 saturated heterocycles. The quantitative estimate of drug-likeness (QED) is 0.714. The number of hydrogen-bond acceptors (Lipinski definition) is 3. The molecule has 0 aliphatic carbocycles. The summed E-state index contributed by atoms with van der Waals surface area (Å²) in [6.07, 6.45) is 0.585. The van der Waals surface area contributed by atoms with Crippen LogP contribution in [0.1, 0.15) is 25.8 Å². The van der Waals surface area contributed by atoms with Crippen molar-refractivity contribution in [3.8, 4) is 5.75 Å². The molecule has 2 N–H and O–H groups in total. The van der Waals surface area contributed by atoms with Crippen molar-refractivity contribution in [2.45, 2.75) is 26.7 Å². The Hall–Kier alpha value is -2.04. The van der Waals surface area contributed by atoms with Gasteiger partial charge in [0.25, 0.3) is 0 Å². The van der Waals surface area contributed by atoms with Gasteiger partial charge in [-0.15, -0.1) is 0 Å². The monoisotopic (exact) mass is 292 g/mol. The number of hydrogen-bond donors (Lipinski definition) is 2. The molecule has 5 nitrogen and oxygen atoms in total. The van der Waals surface area contributed by atoms with Gasteiger partial charge in [-0.3, -0.25) is 9.59 Å². The van der Waals surface area contributed by atoms with Crippen LogP contribution in [0.15, 0.2) is 24.3 Å². The van der Waals surface area contributed by atoms with E-state index in [-0.39, 0.29) is 18.2 Å². The summed E-state index contributed by atoms with van der Waals surface area (Å²) in [7, 11) is 1.62. The van der Waals surface area contributed by atoms with Gasteiger partial charge in [0, 0.05) is 13.1 Å². The van der Waals surface area contributed by atoms with Crippen LogP contribution in [-0.4, -0.2) is 32.0 Å². The number of carbonyl (C=O) groups is 2. The minimum atomic E-state index is -0.251. The SMILES string of the molecule is COc1cccc(CCNC(=O)CC(=O)NCC(C)C)c1. The third-order valence-electron chi connectivity index (χ3n) is 2.90. The largest absolute Gasteiger partial charge is 0.497 e. The molecule has 0 fully saturated rings. The highest BCUT2D eigenvalue weighted by Gasteiger charge is 2.09. The second kappa shape index (κ2) is 9.00. The van der Waals surface area contributed by atoms with Crippen molar-refractivity contribution in [1.82, 2.24) is 10.6 Å². The summed E-state index contributed by atoms with van der Waals surface area (Å²) in [4.78, 5) is 23.1. The first-order valence-corrected chi connectivity index (χ1v) is 7.17. The summed E-state index contributed by atoms with van der Waals surface area (Å²) in [6, 6.07) is 7.70. The smallest absolute Gasteiger partial charge is 0.229 e. The maximum atomic E-state index is 11.6. The third kappa shape index (κ3) is 7.34. The van der Waals surface area contributed by atoms with Gasteiger partial charge in [-0.2, -0.15) is 0 Å². The fourth-order valence-electron chi connectivity index (χ4n) is 1.76. The number of methoxy groups -OCH3 is 1. The predicted molar refractivity (Wildman–Crippen MR) is 82.2 cm³/mol. The molecule has 116 valence electrons. The van der Waals surface area contributed by atoms with Gasteiger partial charge in [0.05, 0.1) is 7.11 Å². The van der Waals surface area contributed by atoms with Crippen LogP contribution in [0.2, 0.25) is 0 Å². The van der Waals surface area contributed by atoms with Gasteiger partial charge >= 0.3 is 0 Å². The van der Waals surface area contributed by atoms with Crippen molar-refractivity contribution in [2.75, 3.05) is 20.2 Å². The number of amides is 2. The van der Waals surface area contributed by atoms with Crippen molar-refractivity contribution in [2.24, 2.45) is 5.92 Å². The van der Waals surface area contributed by atoms with E-state index in [1.807, 2.05) is 38.1 Å². The number of carbonyl (C=O) groups excluding carboxylic acids is 2. The van der Waals surface area contributed by atoms with Gasteiger partial charge in [0.15, 0.2) is 0 Å². The lowest BCUT2D eigenvalue weighted by atomic mass is 10.1. The Balaban J connectivity index is 2.25. The van der Waals surface area contributed by atoms with E-state index in [0.717, 1.165) is 11.3 Å². The first-order valence-electron chi connectivity index (χ1n) is 7.17. The third-order valence-corrected chi connectivity index (χ3v) is 2.90. The Morgan fingerprint density at radius 3 is 2.57 bits per heavy atom. The van der Waals surface area contributed by atoms with Gasteiger partial charge in [-0.25, -0.2) is 0 Å². The molecule has 0 aliphatic heterocycles. The molecule has 0 spiro atoms. The summed E-state index contributed by atoms with van der Waals surface area (Å²) in [5, 5.41) is 5.47. The summed E-state index contributed by atoms with van der Waals surface area (Å²) < 4.78 is 5.14. The first-order chi connectivity index (χ1) is 10.0. The summed E-state index contributed by atoms with van der Waals surface area (Å²) >= 11 is 0. The van der Waals surface area contributed by atoms with Crippen molar-refractivity contribution in [1.29, 1.82) is 0 Å². The van der Waals surface area contributed by atoms with Crippen LogP contribution < -0.4 is 15.4 Å². The van der Waals surface area contributed by atoms with Crippen molar-refractivity contribution in [3.63, 3.8) is 0 Å². The van der Waals surface area contributed by atoms with E-state index in [2.05, 4.69) is 10.6 Å². The molecule has 0 saturated carbocycles. The predicted octanol–water partition coefficient (Wildman–Crippen LogP) is 1.52. The second-order valence-electron chi connectivity index (χ2n) is 5.33.